The fraction of sp³-hybridized carbons (Fsp3) is 0.444. The van der Waals surface area contributed by atoms with Crippen LogP contribution in [0.25, 0.3) is 32.8 Å². The number of hydrogen-bond donors (Lipinski definition) is 2. The predicted octanol–water partition coefficient (Wildman–Crippen LogP) is 5.50. The molecule has 0 radical (unpaired) electrons. The molecule has 10 heteroatoms. The SMILES string of the molecule is C#Cc1c(Cl)ccc2cc(O)cc(-c3ccc4c(N5CC6CCC(C5)N6)nc(OCC5(CN6C[C@@H]7C[C@H]6CO7)CC5)nc4c3F)c12. The molecule has 4 aromatic rings. The van der Waals surface area contributed by atoms with E-state index in [1.807, 2.05) is 6.07 Å². The summed E-state index contributed by atoms with van der Waals surface area (Å²) in [4.78, 5) is 14.5. The van der Waals surface area contributed by atoms with Gasteiger partial charge in [0.25, 0.3) is 0 Å². The van der Waals surface area contributed by atoms with Crippen molar-refractivity contribution in [2.45, 2.75) is 56.3 Å². The number of likely N-dealkylation sites (tertiary alicyclic amines) is 1. The number of aromatic hydroxyl groups is 1. The molecular formula is C36H35ClFN5O3. The van der Waals surface area contributed by atoms with Gasteiger partial charge in [-0.2, -0.15) is 9.97 Å². The molecule has 8 nitrogen and oxygen atoms in total. The van der Waals surface area contributed by atoms with Gasteiger partial charge in [-0.05, 0) is 67.3 Å². The molecule has 2 N–H and O–H groups in total. The van der Waals surface area contributed by atoms with E-state index in [1.54, 1.807) is 24.3 Å². The van der Waals surface area contributed by atoms with Crippen LogP contribution in [0.3, 0.4) is 0 Å². The fourth-order valence-corrected chi connectivity index (χ4v) is 8.45. The van der Waals surface area contributed by atoms with Gasteiger partial charge in [-0.3, -0.25) is 4.90 Å². The third-order valence-corrected chi connectivity index (χ3v) is 11.1. The minimum atomic E-state index is -0.520. The van der Waals surface area contributed by atoms with Crippen molar-refractivity contribution in [3.05, 3.63) is 52.8 Å². The molecule has 236 valence electrons. The molecule has 4 aliphatic heterocycles. The number of fused-ring (bicyclic) bond motifs is 6. The highest BCUT2D eigenvalue weighted by Crippen LogP contribution is 2.48. The molecule has 0 spiro atoms. The number of morpholine rings is 1. The van der Waals surface area contributed by atoms with Gasteiger partial charge in [0, 0.05) is 66.1 Å². The Morgan fingerprint density at radius 2 is 1.93 bits per heavy atom. The first-order valence-corrected chi connectivity index (χ1v) is 16.7. The van der Waals surface area contributed by atoms with Gasteiger partial charge in [-0.1, -0.05) is 29.7 Å². The number of terminal acetylenes is 1. The van der Waals surface area contributed by atoms with E-state index in [0.29, 0.717) is 69.0 Å². The average molecular weight is 640 g/mol. The molecule has 4 bridgehead atoms. The Hall–Kier alpha value is -3.68. The second kappa shape index (κ2) is 10.7. The van der Waals surface area contributed by atoms with E-state index >= 15 is 4.39 Å². The quantitative estimate of drug-likeness (QED) is 0.257. The van der Waals surface area contributed by atoms with Crippen LogP contribution in [-0.4, -0.2) is 83.6 Å². The summed E-state index contributed by atoms with van der Waals surface area (Å²) in [5, 5.41) is 16.6. The van der Waals surface area contributed by atoms with E-state index < -0.39 is 5.82 Å². The molecule has 1 saturated carbocycles. The highest BCUT2D eigenvalue weighted by atomic mass is 35.5. The zero-order chi connectivity index (χ0) is 31.2. The Labute approximate surface area is 271 Å². The number of ether oxygens (including phenoxy) is 2. The van der Waals surface area contributed by atoms with Gasteiger partial charge in [-0.15, -0.1) is 6.42 Å². The fourth-order valence-electron chi connectivity index (χ4n) is 8.23. The van der Waals surface area contributed by atoms with Crippen molar-refractivity contribution in [3.8, 4) is 35.2 Å². The van der Waals surface area contributed by atoms with Crippen LogP contribution in [0.15, 0.2) is 36.4 Å². The maximum Gasteiger partial charge on any atom is 0.319 e. The maximum atomic E-state index is 16.9. The summed E-state index contributed by atoms with van der Waals surface area (Å²) in [6.45, 7) is 4.84. The molecular weight excluding hydrogens is 605 g/mol. The molecule has 5 fully saturated rings. The largest absolute Gasteiger partial charge is 0.508 e. The normalized spacial score (nSPS) is 26.2. The second-order valence-electron chi connectivity index (χ2n) is 13.9. The first-order valence-electron chi connectivity index (χ1n) is 16.3. The molecule has 3 aromatic carbocycles. The summed E-state index contributed by atoms with van der Waals surface area (Å²) in [6, 6.07) is 11.6. The van der Waals surface area contributed by atoms with Crippen LogP contribution in [0.2, 0.25) is 5.02 Å². The lowest BCUT2D eigenvalue weighted by Gasteiger charge is -2.34. The second-order valence-corrected chi connectivity index (χ2v) is 14.3. The third kappa shape index (κ3) is 4.77. The van der Waals surface area contributed by atoms with Gasteiger partial charge in [0.15, 0.2) is 5.82 Å². The van der Waals surface area contributed by atoms with Crippen LogP contribution in [0.1, 0.15) is 37.7 Å². The summed E-state index contributed by atoms with van der Waals surface area (Å²) in [7, 11) is 0. The predicted molar refractivity (Wildman–Crippen MR) is 176 cm³/mol. The number of rotatable bonds is 7. The number of benzene rings is 3. The molecule has 5 aliphatic rings. The molecule has 4 atom stereocenters. The van der Waals surface area contributed by atoms with Gasteiger partial charge in [0.2, 0.25) is 0 Å². The van der Waals surface area contributed by atoms with Crippen LogP contribution in [0.5, 0.6) is 11.8 Å². The maximum absolute atomic E-state index is 16.9. The zero-order valence-electron chi connectivity index (χ0n) is 25.4. The van der Waals surface area contributed by atoms with Gasteiger partial charge in [-0.25, -0.2) is 4.39 Å². The Morgan fingerprint density at radius 3 is 2.65 bits per heavy atom. The van der Waals surface area contributed by atoms with Gasteiger partial charge < -0.3 is 24.8 Å². The number of phenolic OH excluding ortho intramolecular Hbond substituents is 1. The minimum Gasteiger partial charge on any atom is -0.508 e. The first-order chi connectivity index (χ1) is 22.4. The average Bonchev–Trinajstić information content (AvgIpc) is 3.31. The van der Waals surface area contributed by atoms with Crippen LogP contribution >= 0.6 is 11.6 Å². The Balaban J connectivity index is 1.13. The Bertz CT molecular complexity index is 1930. The highest BCUT2D eigenvalue weighted by Gasteiger charge is 2.49. The van der Waals surface area contributed by atoms with Crippen LogP contribution in [0.4, 0.5) is 10.2 Å². The minimum absolute atomic E-state index is 0.00324. The van der Waals surface area contributed by atoms with Crippen LogP contribution in [0, 0.1) is 23.6 Å². The smallest absolute Gasteiger partial charge is 0.319 e. The lowest BCUT2D eigenvalue weighted by molar-refractivity contribution is 0.0176. The van der Waals surface area contributed by atoms with E-state index in [-0.39, 0.29) is 28.3 Å². The number of halogens is 2. The number of nitrogens with one attached hydrogen (secondary N) is 1. The highest BCUT2D eigenvalue weighted by molar-refractivity contribution is 6.33. The molecule has 4 saturated heterocycles. The summed E-state index contributed by atoms with van der Waals surface area (Å²) < 4.78 is 29.1. The topological polar surface area (TPSA) is 83.0 Å². The number of nitrogens with zero attached hydrogens (tertiary/aromatic N) is 4. The first kappa shape index (κ1) is 28.5. The Morgan fingerprint density at radius 1 is 1.11 bits per heavy atom. The van der Waals surface area contributed by atoms with Crippen LogP contribution in [-0.2, 0) is 4.74 Å². The number of anilines is 1. The Kier molecular flexibility index (Phi) is 6.62. The number of hydrogen-bond acceptors (Lipinski definition) is 8. The summed E-state index contributed by atoms with van der Waals surface area (Å²) >= 11 is 6.49. The van der Waals surface area contributed by atoms with Crippen molar-refractivity contribution in [1.82, 2.24) is 20.2 Å². The van der Waals surface area contributed by atoms with Gasteiger partial charge >= 0.3 is 6.01 Å². The lowest BCUT2D eigenvalue weighted by atomic mass is 9.93. The molecule has 5 heterocycles. The summed E-state index contributed by atoms with van der Waals surface area (Å²) in [5.74, 6) is 2.84. The standard InChI is InChI=1S/C36H35ClFN5O3/c1-2-26-30(37)8-3-20-11-24(44)13-29(31(20)26)27-6-7-28-33(32(27)38)40-35(41-34(28)42-14-21-4-5-22(15-42)39-21)46-19-36(9-10-36)18-43-16-25-12-23(43)17-45-25/h1,3,6-8,11,13,21-23,25,39,44H,4-5,9-10,12,14-19H2/t21?,22?,23-,25-/m0/s1. The molecule has 9 rings (SSSR count). The summed E-state index contributed by atoms with van der Waals surface area (Å²) in [5.41, 5.74) is 1.41. The van der Waals surface area contributed by atoms with Crippen LogP contribution < -0.4 is 15.0 Å². The van der Waals surface area contributed by atoms with E-state index in [2.05, 4.69) is 21.0 Å². The molecule has 2 unspecified atom stereocenters. The summed E-state index contributed by atoms with van der Waals surface area (Å²) in [6.07, 6.45) is 11.8. The van der Waals surface area contributed by atoms with Crippen molar-refractivity contribution >= 4 is 39.1 Å². The third-order valence-electron chi connectivity index (χ3n) is 10.8. The van der Waals surface area contributed by atoms with Crippen molar-refractivity contribution in [1.29, 1.82) is 0 Å². The van der Waals surface area contributed by atoms with Gasteiger partial charge in [0.05, 0.1) is 29.9 Å². The molecule has 46 heavy (non-hydrogen) atoms. The van der Waals surface area contributed by atoms with Crippen molar-refractivity contribution in [2.75, 3.05) is 44.3 Å². The van der Waals surface area contributed by atoms with Crippen molar-refractivity contribution in [2.24, 2.45) is 5.41 Å². The van der Waals surface area contributed by atoms with Gasteiger partial charge in [0.1, 0.15) is 17.1 Å². The zero-order valence-corrected chi connectivity index (χ0v) is 26.2. The molecule has 1 aliphatic carbocycles. The monoisotopic (exact) mass is 639 g/mol. The molecule has 0 amide bonds. The molecule has 1 aromatic heterocycles. The van der Waals surface area contributed by atoms with E-state index in [9.17, 15) is 5.11 Å². The van der Waals surface area contributed by atoms with Crippen molar-refractivity contribution in [3.63, 3.8) is 0 Å². The van der Waals surface area contributed by atoms with Crippen molar-refractivity contribution < 1.29 is 19.0 Å². The van der Waals surface area contributed by atoms with E-state index in [4.69, 9.17) is 37.5 Å². The number of piperazine rings is 1. The number of aromatic nitrogens is 2. The number of phenols is 1. The lowest BCUT2D eigenvalue weighted by Crippen LogP contribution is -2.51. The van der Waals surface area contributed by atoms with E-state index in [1.165, 1.54) is 6.07 Å². The van der Waals surface area contributed by atoms with E-state index in [0.717, 1.165) is 64.9 Å².